The van der Waals surface area contributed by atoms with Crippen LogP contribution < -0.4 is 5.43 Å². The molecule has 0 radical (unpaired) electrons. The van der Waals surface area contributed by atoms with Crippen LogP contribution in [-0.2, 0) is 6.54 Å². The third-order valence-corrected chi connectivity index (χ3v) is 2.62. The molecule has 2 aromatic rings. The molecule has 0 bridgehead atoms. The first-order chi connectivity index (χ1) is 7.58. The Morgan fingerprint density at radius 3 is 2.88 bits per heavy atom. The van der Waals surface area contributed by atoms with Crippen molar-refractivity contribution in [3.05, 3.63) is 57.9 Å². The van der Waals surface area contributed by atoms with Crippen molar-refractivity contribution in [1.29, 1.82) is 0 Å². The Morgan fingerprint density at radius 1 is 1.44 bits per heavy atom. The summed E-state index contributed by atoms with van der Waals surface area (Å²) in [6.45, 7) is 6.51. The van der Waals surface area contributed by atoms with Gasteiger partial charge in [-0.1, -0.05) is 23.8 Å². The number of nitrogens with zero attached hydrogens (tertiary/aromatic N) is 1. The molecule has 0 spiro atoms. The molecule has 0 saturated heterocycles. The summed E-state index contributed by atoms with van der Waals surface area (Å²) in [6.07, 6.45) is 1.77. The van der Waals surface area contributed by atoms with Crippen LogP contribution in [0, 0.1) is 0 Å². The standard InChI is InChI=1S/C13H12ClNO/c1-9(2)8-15-6-5-13(16)11-4-3-10(14)7-12(11)15/h3-7H,1,8H2,2H3. The highest BCUT2D eigenvalue weighted by Gasteiger charge is 2.03. The molecule has 0 aliphatic rings. The summed E-state index contributed by atoms with van der Waals surface area (Å²) in [5, 5.41) is 1.32. The molecular weight excluding hydrogens is 222 g/mol. The monoisotopic (exact) mass is 233 g/mol. The van der Waals surface area contributed by atoms with Crippen LogP contribution >= 0.6 is 11.6 Å². The van der Waals surface area contributed by atoms with E-state index in [1.165, 1.54) is 0 Å². The maximum Gasteiger partial charge on any atom is 0.189 e. The molecule has 1 aromatic heterocycles. The quantitative estimate of drug-likeness (QED) is 0.730. The molecule has 2 rings (SSSR count). The second-order valence-corrected chi connectivity index (χ2v) is 4.36. The zero-order valence-electron chi connectivity index (χ0n) is 9.03. The van der Waals surface area contributed by atoms with Gasteiger partial charge in [-0.2, -0.15) is 0 Å². The number of fused-ring (bicyclic) bond motifs is 1. The number of rotatable bonds is 2. The predicted molar refractivity (Wildman–Crippen MR) is 68.0 cm³/mol. The van der Waals surface area contributed by atoms with E-state index in [-0.39, 0.29) is 5.43 Å². The zero-order chi connectivity index (χ0) is 11.7. The molecule has 0 unspecified atom stereocenters. The van der Waals surface area contributed by atoms with Crippen molar-refractivity contribution in [3.8, 4) is 0 Å². The van der Waals surface area contributed by atoms with Crippen LogP contribution in [0.25, 0.3) is 10.9 Å². The normalized spacial score (nSPS) is 10.6. The molecule has 0 aliphatic carbocycles. The van der Waals surface area contributed by atoms with Gasteiger partial charge in [-0.3, -0.25) is 4.79 Å². The average molecular weight is 234 g/mol. The maximum atomic E-state index is 11.6. The molecule has 0 atom stereocenters. The van der Waals surface area contributed by atoms with Crippen LogP contribution in [0.5, 0.6) is 0 Å². The van der Waals surface area contributed by atoms with Gasteiger partial charge in [0.1, 0.15) is 0 Å². The summed E-state index contributed by atoms with van der Waals surface area (Å²) < 4.78 is 1.98. The van der Waals surface area contributed by atoms with Crippen molar-refractivity contribution in [2.24, 2.45) is 0 Å². The zero-order valence-corrected chi connectivity index (χ0v) is 9.79. The van der Waals surface area contributed by atoms with Gasteiger partial charge < -0.3 is 4.57 Å². The molecule has 0 saturated carbocycles. The van der Waals surface area contributed by atoms with Crippen LogP contribution in [0.1, 0.15) is 6.92 Å². The Morgan fingerprint density at radius 2 is 2.19 bits per heavy atom. The first-order valence-corrected chi connectivity index (χ1v) is 5.39. The van der Waals surface area contributed by atoms with Crippen molar-refractivity contribution in [2.75, 3.05) is 0 Å². The highest BCUT2D eigenvalue weighted by molar-refractivity contribution is 6.31. The summed E-state index contributed by atoms with van der Waals surface area (Å²) >= 11 is 5.94. The lowest BCUT2D eigenvalue weighted by Gasteiger charge is -2.10. The Labute approximate surface area is 98.8 Å². The fourth-order valence-electron chi connectivity index (χ4n) is 1.71. The lowest BCUT2D eigenvalue weighted by atomic mass is 10.2. The number of aromatic nitrogens is 1. The summed E-state index contributed by atoms with van der Waals surface area (Å²) in [6, 6.07) is 6.87. The van der Waals surface area contributed by atoms with E-state index in [1.807, 2.05) is 11.5 Å². The van der Waals surface area contributed by atoms with Crippen LogP contribution in [-0.4, -0.2) is 4.57 Å². The van der Waals surface area contributed by atoms with Crippen LogP contribution in [0.2, 0.25) is 5.02 Å². The van der Waals surface area contributed by atoms with Crippen LogP contribution in [0.15, 0.2) is 47.4 Å². The maximum absolute atomic E-state index is 11.6. The topological polar surface area (TPSA) is 22.0 Å². The van der Waals surface area contributed by atoms with E-state index in [9.17, 15) is 4.79 Å². The molecule has 0 fully saturated rings. The van der Waals surface area contributed by atoms with E-state index in [2.05, 4.69) is 6.58 Å². The number of halogens is 1. The molecule has 3 heteroatoms. The lowest BCUT2D eigenvalue weighted by molar-refractivity contribution is 0.812. The van der Waals surface area contributed by atoms with Crippen molar-refractivity contribution in [2.45, 2.75) is 13.5 Å². The molecule has 2 nitrogen and oxygen atoms in total. The van der Waals surface area contributed by atoms with Crippen molar-refractivity contribution >= 4 is 22.5 Å². The van der Waals surface area contributed by atoms with Crippen molar-refractivity contribution in [3.63, 3.8) is 0 Å². The number of allylic oxidation sites excluding steroid dienone is 1. The van der Waals surface area contributed by atoms with Gasteiger partial charge in [0.25, 0.3) is 0 Å². The van der Waals surface area contributed by atoms with Crippen molar-refractivity contribution in [1.82, 2.24) is 4.57 Å². The number of hydrogen-bond acceptors (Lipinski definition) is 1. The Kier molecular flexibility index (Phi) is 2.84. The molecule has 0 amide bonds. The fraction of sp³-hybridized carbons (Fsp3) is 0.154. The van der Waals surface area contributed by atoms with E-state index in [0.717, 1.165) is 11.1 Å². The summed E-state index contributed by atoms with van der Waals surface area (Å²) in [5.41, 5.74) is 1.90. The lowest BCUT2D eigenvalue weighted by Crippen LogP contribution is -2.08. The Bertz CT molecular complexity index is 613. The molecule has 1 heterocycles. The van der Waals surface area contributed by atoms with E-state index < -0.39 is 0 Å². The second-order valence-electron chi connectivity index (χ2n) is 3.93. The van der Waals surface area contributed by atoms with E-state index >= 15 is 0 Å². The minimum absolute atomic E-state index is 0.0182. The first kappa shape index (κ1) is 11.0. The fourth-order valence-corrected chi connectivity index (χ4v) is 1.87. The average Bonchev–Trinajstić information content (AvgIpc) is 2.22. The Hall–Kier alpha value is -1.54. The number of benzene rings is 1. The predicted octanol–water partition coefficient (Wildman–Crippen LogP) is 3.23. The van der Waals surface area contributed by atoms with Gasteiger partial charge in [0.05, 0.1) is 5.52 Å². The highest BCUT2D eigenvalue weighted by Crippen LogP contribution is 2.17. The van der Waals surface area contributed by atoms with Crippen LogP contribution in [0.4, 0.5) is 0 Å². The second kappa shape index (κ2) is 4.14. The molecule has 0 N–H and O–H groups in total. The first-order valence-electron chi connectivity index (χ1n) is 5.01. The van der Waals surface area contributed by atoms with Gasteiger partial charge >= 0.3 is 0 Å². The van der Waals surface area contributed by atoms with Gasteiger partial charge in [-0.15, -0.1) is 0 Å². The molecule has 0 aliphatic heterocycles. The van der Waals surface area contributed by atoms with E-state index in [4.69, 9.17) is 11.6 Å². The van der Waals surface area contributed by atoms with E-state index in [1.54, 1.807) is 30.5 Å². The summed E-state index contributed by atoms with van der Waals surface area (Å²) in [4.78, 5) is 11.6. The molecule has 1 aromatic carbocycles. The van der Waals surface area contributed by atoms with Gasteiger partial charge in [0.2, 0.25) is 0 Å². The third-order valence-electron chi connectivity index (χ3n) is 2.38. The SMILES string of the molecule is C=C(C)Cn1ccc(=O)c2ccc(Cl)cc21. The van der Waals surface area contributed by atoms with Crippen LogP contribution in [0.3, 0.4) is 0 Å². The molecule has 82 valence electrons. The van der Waals surface area contributed by atoms with Crippen molar-refractivity contribution < 1.29 is 0 Å². The summed E-state index contributed by atoms with van der Waals surface area (Å²) in [5.74, 6) is 0. The largest absolute Gasteiger partial charge is 0.343 e. The minimum Gasteiger partial charge on any atom is -0.343 e. The van der Waals surface area contributed by atoms with E-state index in [0.29, 0.717) is 17.0 Å². The summed E-state index contributed by atoms with van der Waals surface area (Å²) in [7, 11) is 0. The molecule has 16 heavy (non-hydrogen) atoms. The minimum atomic E-state index is 0.0182. The van der Waals surface area contributed by atoms with Gasteiger partial charge in [-0.05, 0) is 25.1 Å². The smallest absolute Gasteiger partial charge is 0.189 e. The van der Waals surface area contributed by atoms with Gasteiger partial charge in [0.15, 0.2) is 5.43 Å². The Balaban J connectivity index is 2.75. The highest BCUT2D eigenvalue weighted by atomic mass is 35.5. The third kappa shape index (κ3) is 2.02. The van der Waals surface area contributed by atoms with Gasteiger partial charge in [-0.25, -0.2) is 0 Å². The molecular formula is C13H12ClNO. The number of hydrogen-bond donors (Lipinski definition) is 0. The number of pyridine rings is 1. The van der Waals surface area contributed by atoms with Gasteiger partial charge in [0, 0.05) is 29.2 Å².